The summed E-state index contributed by atoms with van der Waals surface area (Å²) in [6.07, 6.45) is 4.20. The molecule has 0 saturated carbocycles. The number of hydrogen-bond donors (Lipinski definition) is 1. The summed E-state index contributed by atoms with van der Waals surface area (Å²) < 4.78 is 7.97. The fourth-order valence-corrected chi connectivity index (χ4v) is 2.86. The molecule has 1 unspecified atom stereocenters. The van der Waals surface area contributed by atoms with E-state index in [1.54, 1.807) is 6.33 Å². The van der Waals surface area contributed by atoms with Crippen molar-refractivity contribution in [3.8, 4) is 0 Å². The maximum atomic E-state index is 11.7. The van der Waals surface area contributed by atoms with E-state index in [0.717, 1.165) is 6.42 Å². The summed E-state index contributed by atoms with van der Waals surface area (Å²) in [4.78, 5) is 22.6. The van der Waals surface area contributed by atoms with Crippen molar-refractivity contribution in [3.05, 3.63) is 23.0 Å². The molecule has 1 saturated heterocycles. The lowest BCUT2D eigenvalue weighted by Gasteiger charge is -2.17. The predicted molar refractivity (Wildman–Crippen MR) is 70.7 cm³/mol. The van der Waals surface area contributed by atoms with Gasteiger partial charge in [-0.2, -0.15) is 0 Å². The van der Waals surface area contributed by atoms with Crippen LogP contribution in [0.25, 0.3) is 11.2 Å². The second-order valence-corrected chi connectivity index (χ2v) is 5.25. The van der Waals surface area contributed by atoms with E-state index in [4.69, 9.17) is 4.74 Å². The third kappa shape index (κ3) is 1.78. The molecule has 2 aromatic rings. The Labute approximate surface area is 110 Å². The van der Waals surface area contributed by atoms with Crippen molar-refractivity contribution in [2.24, 2.45) is 11.8 Å². The van der Waals surface area contributed by atoms with E-state index in [9.17, 15) is 4.79 Å². The van der Waals surface area contributed by atoms with Gasteiger partial charge in [0.25, 0.3) is 5.56 Å². The van der Waals surface area contributed by atoms with Crippen LogP contribution < -0.4 is 5.56 Å². The smallest absolute Gasteiger partial charge is 0.278 e. The molecule has 102 valence electrons. The Kier molecular flexibility index (Phi) is 2.89. The number of H-pyrrole nitrogens is 1. The van der Waals surface area contributed by atoms with E-state index in [2.05, 4.69) is 35.7 Å². The molecule has 3 rings (SSSR count). The van der Waals surface area contributed by atoms with Crippen molar-refractivity contribution >= 4 is 11.2 Å². The first-order chi connectivity index (χ1) is 9.13. The summed E-state index contributed by atoms with van der Waals surface area (Å²) >= 11 is 0. The minimum absolute atomic E-state index is 0.0979. The molecule has 2 aromatic heterocycles. The number of nitrogens with zero attached hydrogens (tertiary/aromatic N) is 3. The van der Waals surface area contributed by atoms with Crippen LogP contribution in [0, 0.1) is 11.8 Å². The Balaban J connectivity index is 2.06. The Hall–Kier alpha value is -1.69. The summed E-state index contributed by atoms with van der Waals surface area (Å²) in [5, 5.41) is 0. The molecule has 4 atom stereocenters. The number of rotatable bonds is 2. The quantitative estimate of drug-likeness (QED) is 0.894. The van der Waals surface area contributed by atoms with E-state index in [-0.39, 0.29) is 17.9 Å². The molecular formula is C13H18N4O2. The Bertz CT molecular complexity index is 647. The molecule has 19 heavy (non-hydrogen) atoms. The van der Waals surface area contributed by atoms with Crippen molar-refractivity contribution in [2.45, 2.75) is 39.5 Å². The van der Waals surface area contributed by atoms with Gasteiger partial charge in [-0.25, -0.2) is 9.97 Å². The van der Waals surface area contributed by atoms with Crippen LogP contribution in [-0.2, 0) is 4.74 Å². The summed E-state index contributed by atoms with van der Waals surface area (Å²) in [5.74, 6) is 0.845. The number of nitrogens with one attached hydrogen (secondary N) is 1. The molecule has 1 N–H and O–H groups in total. The largest absolute Gasteiger partial charge is 0.354 e. The molecular weight excluding hydrogens is 244 g/mol. The second kappa shape index (κ2) is 4.45. The molecule has 1 fully saturated rings. The van der Waals surface area contributed by atoms with Crippen LogP contribution in [0.1, 0.15) is 33.4 Å². The van der Waals surface area contributed by atoms with Gasteiger partial charge >= 0.3 is 0 Å². The lowest BCUT2D eigenvalue weighted by atomic mass is 9.91. The monoisotopic (exact) mass is 262 g/mol. The SMILES string of the molecule is CC[C@H]1O[C@@H](n2cnc3c(=O)[nH]cnc32)C(C)[C@H]1C. The van der Waals surface area contributed by atoms with E-state index >= 15 is 0 Å². The van der Waals surface area contributed by atoms with Crippen LogP contribution in [-0.4, -0.2) is 25.6 Å². The Morgan fingerprint density at radius 3 is 2.84 bits per heavy atom. The first kappa shape index (κ1) is 12.3. The zero-order valence-corrected chi connectivity index (χ0v) is 11.3. The summed E-state index contributed by atoms with van der Waals surface area (Å²) in [6.45, 7) is 6.51. The normalized spacial score (nSPS) is 31.1. The summed E-state index contributed by atoms with van der Waals surface area (Å²) in [5.41, 5.74) is 0.741. The molecule has 1 aliphatic rings. The van der Waals surface area contributed by atoms with Crippen molar-refractivity contribution in [1.29, 1.82) is 0 Å². The zero-order chi connectivity index (χ0) is 13.6. The number of ether oxygens (including phenoxy) is 1. The zero-order valence-electron chi connectivity index (χ0n) is 11.3. The molecule has 3 heterocycles. The van der Waals surface area contributed by atoms with E-state index in [0.29, 0.717) is 23.0 Å². The van der Waals surface area contributed by atoms with Gasteiger partial charge in [-0.1, -0.05) is 20.8 Å². The molecule has 0 spiro atoms. The maximum Gasteiger partial charge on any atom is 0.278 e. The highest BCUT2D eigenvalue weighted by molar-refractivity contribution is 5.68. The molecule has 0 aromatic carbocycles. The Morgan fingerprint density at radius 2 is 2.16 bits per heavy atom. The number of aromatic amines is 1. The van der Waals surface area contributed by atoms with Crippen molar-refractivity contribution in [3.63, 3.8) is 0 Å². The Morgan fingerprint density at radius 1 is 1.37 bits per heavy atom. The van der Waals surface area contributed by atoms with Gasteiger partial charge < -0.3 is 9.72 Å². The molecule has 6 nitrogen and oxygen atoms in total. The van der Waals surface area contributed by atoms with Crippen molar-refractivity contribution in [1.82, 2.24) is 19.5 Å². The lowest BCUT2D eigenvalue weighted by Crippen LogP contribution is -2.16. The van der Waals surface area contributed by atoms with Gasteiger partial charge in [0, 0.05) is 5.92 Å². The molecule has 0 amide bonds. The standard InChI is InChI=1S/C13H18N4O2/c1-4-9-7(2)8(3)13(19-9)17-6-16-10-11(17)14-5-15-12(10)18/h5-9,13H,4H2,1-3H3,(H,14,15,18)/t7-,8?,9-,13-/m1/s1. The molecule has 6 heteroatoms. The molecule has 0 aliphatic carbocycles. The van der Waals surface area contributed by atoms with E-state index < -0.39 is 0 Å². The molecule has 1 aliphatic heterocycles. The average molecular weight is 262 g/mol. The fourth-order valence-electron chi connectivity index (χ4n) is 2.86. The van der Waals surface area contributed by atoms with Crippen LogP contribution in [0.5, 0.6) is 0 Å². The number of hydrogen-bond acceptors (Lipinski definition) is 4. The van der Waals surface area contributed by atoms with Gasteiger partial charge in [-0.05, 0) is 12.3 Å². The number of fused-ring (bicyclic) bond motifs is 1. The van der Waals surface area contributed by atoms with Gasteiger partial charge in [0.2, 0.25) is 0 Å². The van der Waals surface area contributed by atoms with Crippen LogP contribution in [0.15, 0.2) is 17.4 Å². The number of aromatic nitrogens is 4. The van der Waals surface area contributed by atoms with Gasteiger partial charge in [-0.15, -0.1) is 0 Å². The summed E-state index contributed by atoms with van der Waals surface area (Å²) in [7, 11) is 0. The topological polar surface area (TPSA) is 72.8 Å². The molecule has 0 radical (unpaired) electrons. The lowest BCUT2D eigenvalue weighted by molar-refractivity contribution is -0.0120. The van der Waals surface area contributed by atoms with Crippen LogP contribution in [0.2, 0.25) is 0 Å². The minimum atomic E-state index is -0.213. The van der Waals surface area contributed by atoms with Crippen LogP contribution in [0.3, 0.4) is 0 Å². The van der Waals surface area contributed by atoms with Crippen molar-refractivity contribution in [2.75, 3.05) is 0 Å². The average Bonchev–Trinajstić information content (AvgIpc) is 2.94. The maximum absolute atomic E-state index is 11.7. The van der Waals surface area contributed by atoms with E-state index in [1.165, 1.54) is 6.33 Å². The highest BCUT2D eigenvalue weighted by Crippen LogP contribution is 2.40. The minimum Gasteiger partial charge on any atom is -0.354 e. The highest BCUT2D eigenvalue weighted by Gasteiger charge is 2.39. The number of imidazole rings is 1. The summed E-state index contributed by atoms with van der Waals surface area (Å²) in [6, 6.07) is 0. The van der Waals surface area contributed by atoms with Gasteiger partial charge in [0.05, 0.1) is 18.8 Å². The molecule has 0 bridgehead atoms. The van der Waals surface area contributed by atoms with Gasteiger partial charge in [0.15, 0.2) is 11.2 Å². The third-order valence-corrected chi connectivity index (χ3v) is 4.22. The van der Waals surface area contributed by atoms with Gasteiger partial charge in [0.1, 0.15) is 6.23 Å². The predicted octanol–water partition coefficient (Wildman–Crippen LogP) is 1.70. The first-order valence-electron chi connectivity index (χ1n) is 6.69. The fraction of sp³-hybridized carbons (Fsp3) is 0.615. The van der Waals surface area contributed by atoms with Crippen LogP contribution >= 0.6 is 0 Å². The van der Waals surface area contributed by atoms with E-state index in [1.807, 2.05) is 4.57 Å². The first-order valence-corrected chi connectivity index (χ1v) is 6.69. The van der Waals surface area contributed by atoms with Gasteiger partial charge in [-0.3, -0.25) is 9.36 Å². The second-order valence-electron chi connectivity index (χ2n) is 5.25. The third-order valence-electron chi connectivity index (χ3n) is 4.22. The van der Waals surface area contributed by atoms with Crippen molar-refractivity contribution < 1.29 is 4.74 Å². The highest BCUT2D eigenvalue weighted by atomic mass is 16.5. The van der Waals surface area contributed by atoms with Crippen LogP contribution in [0.4, 0.5) is 0 Å².